The second-order valence-corrected chi connectivity index (χ2v) is 10.0. The molecule has 0 unspecified atom stereocenters. The molecule has 0 amide bonds. The molecule has 0 atom stereocenters. The van der Waals surface area contributed by atoms with Crippen molar-refractivity contribution in [2.45, 2.75) is 11.8 Å². The van der Waals surface area contributed by atoms with Crippen LogP contribution in [0.1, 0.15) is 21.5 Å². The lowest BCUT2D eigenvalue weighted by molar-refractivity contribution is 0.104. The number of halogens is 1. The highest BCUT2D eigenvalue weighted by atomic mass is 79.9. The third kappa shape index (κ3) is 4.22. The van der Waals surface area contributed by atoms with E-state index in [1.54, 1.807) is 42.5 Å². The highest BCUT2D eigenvalue weighted by Crippen LogP contribution is 2.26. The van der Waals surface area contributed by atoms with E-state index in [9.17, 15) is 18.0 Å². The average Bonchev–Trinajstić information content (AvgIpc) is 2.79. The molecule has 0 aliphatic carbocycles. The van der Waals surface area contributed by atoms with E-state index in [-0.39, 0.29) is 16.0 Å². The van der Waals surface area contributed by atoms with Crippen molar-refractivity contribution in [2.24, 2.45) is 0 Å². The standard InChI is InChI=1S/C25H17BrO5S/c1-16-7-12-22-21(13-16)24(27)18(15-31-22)14-23(25(28)17-5-3-2-4-6-17)32(29,30)20-10-8-19(26)9-11-20/h2-15H,1H3/b23-14+. The van der Waals surface area contributed by atoms with Crippen LogP contribution in [0.2, 0.25) is 0 Å². The summed E-state index contributed by atoms with van der Waals surface area (Å²) in [6, 6.07) is 19.2. The molecule has 0 bridgehead atoms. The van der Waals surface area contributed by atoms with Crippen molar-refractivity contribution in [3.63, 3.8) is 0 Å². The number of benzene rings is 3. The lowest BCUT2D eigenvalue weighted by Crippen LogP contribution is -2.16. The Balaban J connectivity index is 1.96. The summed E-state index contributed by atoms with van der Waals surface area (Å²) >= 11 is 3.28. The van der Waals surface area contributed by atoms with Crippen LogP contribution in [0.4, 0.5) is 0 Å². The Bertz CT molecular complexity index is 1520. The van der Waals surface area contributed by atoms with Crippen LogP contribution in [-0.2, 0) is 9.84 Å². The van der Waals surface area contributed by atoms with Gasteiger partial charge in [0.1, 0.15) is 16.8 Å². The van der Waals surface area contributed by atoms with E-state index in [1.807, 2.05) is 13.0 Å². The fourth-order valence-corrected chi connectivity index (χ4v) is 4.90. The van der Waals surface area contributed by atoms with E-state index in [4.69, 9.17) is 4.42 Å². The molecular weight excluding hydrogens is 492 g/mol. The molecule has 0 saturated carbocycles. The Morgan fingerprint density at radius 1 is 0.969 bits per heavy atom. The first kappa shape index (κ1) is 21.9. The smallest absolute Gasteiger partial charge is 0.210 e. The summed E-state index contributed by atoms with van der Waals surface area (Å²) in [5.41, 5.74) is 0.987. The second-order valence-electron chi connectivity index (χ2n) is 7.18. The predicted molar refractivity (Wildman–Crippen MR) is 127 cm³/mol. The van der Waals surface area contributed by atoms with Crippen molar-refractivity contribution in [1.82, 2.24) is 0 Å². The zero-order chi connectivity index (χ0) is 22.9. The van der Waals surface area contributed by atoms with E-state index in [1.165, 1.54) is 30.5 Å². The van der Waals surface area contributed by atoms with Gasteiger partial charge in [0.25, 0.3) is 0 Å². The van der Waals surface area contributed by atoms with Gasteiger partial charge in [-0.2, -0.15) is 0 Å². The van der Waals surface area contributed by atoms with Gasteiger partial charge in [0.05, 0.1) is 15.8 Å². The minimum absolute atomic E-state index is 0.0249. The molecule has 4 aromatic rings. The number of carbonyl (C=O) groups excluding carboxylic acids is 1. The molecule has 0 saturated heterocycles. The second kappa shape index (κ2) is 8.68. The SMILES string of the molecule is Cc1ccc2occ(/C=C(\C(=O)c3ccccc3)S(=O)(=O)c3ccc(Br)cc3)c(=O)c2c1. The molecule has 160 valence electrons. The van der Waals surface area contributed by atoms with E-state index in [2.05, 4.69) is 15.9 Å². The molecule has 1 aromatic heterocycles. The Labute approximate surface area is 193 Å². The molecule has 0 aliphatic heterocycles. The quantitative estimate of drug-likeness (QED) is 0.260. The van der Waals surface area contributed by atoms with Crippen LogP contribution in [0.15, 0.2) is 103 Å². The topological polar surface area (TPSA) is 81.4 Å². The number of Topliss-reactive ketones (excluding diaryl/α,β-unsaturated/α-hetero) is 1. The molecule has 3 aromatic carbocycles. The van der Waals surface area contributed by atoms with Gasteiger partial charge in [-0.15, -0.1) is 0 Å². The lowest BCUT2D eigenvalue weighted by atomic mass is 10.1. The maximum Gasteiger partial charge on any atom is 0.210 e. The van der Waals surface area contributed by atoms with E-state index in [0.29, 0.717) is 15.4 Å². The van der Waals surface area contributed by atoms with Gasteiger partial charge >= 0.3 is 0 Å². The molecule has 5 nitrogen and oxygen atoms in total. The third-order valence-electron chi connectivity index (χ3n) is 4.91. The number of hydrogen-bond acceptors (Lipinski definition) is 5. The van der Waals surface area contributed by atoms with Crippen LogP contribution in [0.5, 0.6) is 0 Å². The number of hydrogen-bond donors (Lipinski definition) is 0. The zero-order valence-corrected chi connectivity index (χ0v) is 19.3. The van der Waals surface area contributed by atoms with Crippen LogP contribution in [-0.4, -0.2) is 14.2 Å². The summed E-state index contributed by atoms with van der Waals surface area (Å²) in [6.45, 7) is 1.84. The normalized spacial score (nSPS) is 12.1. The average molecular weight is 509 g/mol. The van der Waals surface area contributed by atoms with E-state index >= 15 is 0 Å². The van der Waals surface area contributed by atoms with Crippen LogP contribution in [0.3, 0.4) is 0 Å². The minimum Gasteiger partial charge on any atom is -0.463 e. The predicted octanol–water partition coefficient (Wildman–Crippen LogP) is 5.56. The molecule has 0 fully saturated rings. The number of fused-ring (bicyclic) bond motifs is 1. The summed E-state index contributed by atoms with van der Waals surface area (Å²) in [4.78, 5) is 25.8. The highest BCUT2D eigenvalue weighted by Gasteiger charge is 2.28. The van der Waals surface area contributed by atoms with Gasteiger partial charge in [0, 0.05) is 10.0 Å². The van der Waals surface area contributed by atoms with Gasteiger partial charge < -0.3 is 4.42 Å². The Hall–Kier alpha value is -3.29. The van der Waals surface area contributed by atoms with Gasteiger partial charge in [-0.05, 0) is 49.4 Å². The van der Waals surface area contributed by atoms with E-state index in [0.717, 1.165) is 11.6 Å². The van der Waals surface area contributed by atoms with Crippen molar-refractivity contribution >= 4 is 48.6 Å². The molecule has 0 spiro atoms. The molecule has 7 heteroatoms. The van der Waals surface area contributed by atoms with Gasteiger partial charge in [-0.1, -0.05) is 57.9 Å². The maximum atomic E-state index is 13.5. The number of allylic oxidation sites excluding steroid dienone is 1. The summed E-state index contributed by atoms with van der Waals surface area (Å²) in [6.07, 6.45) is 2.27. The number of ketones is 1. The monoisotopic (exact) mass is 508 g/mol. The number of rotatable bonds is 5. The van der Waals surface area contributed by atoms with Crippen LogP contribution >= 0.6 is 15.9 Å². The zero-order valence-electron chi connectivity index (χ0n) is 16.9. The first-order valence-electron chi connectivity index (χ1n) is 9.61. The van der Waals surface area contributed by atoms with Crippen molar-refractivity contribution in [3.8, 4) is 0 Å². The van der Waals surface area contributed by atoms with Crippen molar-refractivity contribution in [1.29, 1.82) is 0 Å². The Morgan fingerprint density at radius 2 is 1.66 bits per heavy atom. The maximum absolute atomic E-state index is 13.5. The molecule has 0 N–H and O–H groups in total. The number of sulfone groups is 1. The summed E-state index contributed by atoms with van der Waals surface area (Å²) in [7, 11) is -4.23. The molecule has 0 radical (unpaired) electrons. The molecule has 1 heterocycles. The van der Waals surface area contributed by atoms with Crippen LogP contribution in [0.25, 0.3) is 17.0 Å². The van der Waals surface area contributed by atoms with Crippen molar-refractivity contribution < 1.29 is 17.6 Å². The van der Waals surface area contributed by atoms with Crippen LogP contribution < -0.4 is 5.43 Å². The lowest BCUT2D eigenvalue weighted by Gasteiger charge is -2.10. The first-order valence-corrected chi connectivity index (χ1v) is 11.9. The van der Waals surface area contributed by atoms with Gasteiger partial charge in [0.2, 0.25) is 15.6 Å². The van der Waals surface area contributed by atoms with Crippen molar-refractivity contribution in [2.75, 3.05) is 0 Å². The summed E-state index contributed by atoms with van der Waals surface area (Å²) in [5, 5.41) is 0.311. The Morgan fingerprint density at radius 3 is 2.34 bits per heavy atom. The van der Waals surface area contributed by atoms with Crippen LogP contribution in [0, 0.1) is 6.92 Å². The summed E-state index contributed by atoms with van der Waals surface area (Å²) < 4.78 is 33.1. The molecule has 4 rings (SSSR count). The highest BCUT2D eigenvalue weighted by molar-refractivity contribution is 9.10. The minimum atomic E-state index is -4.23. The number of aryl methyl sites for hydroxylation is 1. The first-order chi connectivity index (χ1) is 15.3. The molecule has 0 aliphatic rings. The Kier molecular flexibility index (Phi) is 5.95. The van der Waals surface area contributed by atoms with E-state index < -0.39 is 26.0 Å². The fraction of sp³-hybridized carbons (Fsp3) is 0.0400. The van der Waals surface area contributed by atoms with Gasteiger partial charge in [0.15, 0.2) is 5.43 Å². The third-order valence-corrected chi connectivity index (χ3v) is 7.22. The van der Waals surface area contributed by atoms with Gasteiger partial charge in [-0.3, -0.25) is 9.59 Å². The van der Waals surface area contributed by atoms with Crippen molar-refractivity contribution in [3.05, 3.63) is 115 Å². The van der Waals surface area contributed by atoms with Gasteiger partial charge in [-0.25, -0.2) is 8.42 Å². The summed E-state index contributed by atoms with van der Waals surface area (Å²) in [5.74, 6) is -0.711. The fourth-order valence-electron chi connectivity index (χ4n) is 3.24. The largest absolute Gasteiger partial charge is 0.463 e. The molecule has 32 heavy (non-hydrogen) atoms. The number of carbonyl (C=O) groups is 1. The molecular formula is C25H17BrO5S.